The van der Waals surface area contributed by atoms with E-state index in [4.69, 9.17) is 0 Å². The Morgan fingerprint density at radius 1 is 1.06 bits per heavy atom. The van der Waals surface area contributed by atoms with Crippen molar-refractivity contribution in [2.24, 2.45) is 0 Å². The molecule has 1 unspecified atom stereocenters. The van der Waals surface area contributed by atoms with Gasteiger partial charge in [0.25, 0.3) is 15.9 Å². The van der Waals surface area contributed by atoms with Gasteiger partial charge in [-0.1, -0.05) is 37.3 Å². The van der Waals surface area contributed by atoms with Crippen LogP contribution in [0.15, 0.2) is 70.3 Å². The van der Waals surface area contributed by atoms with Crippen LogP contribution in [0.5, 0.6) is 0 Å². The van der Waals surface area contributed by atoms with Gasteiger partial charge in [0.05, 0.1) is 0 Å². The zero-order chi connectivity index (χ0) is 21.8. The van der Waals surface area contributed by atoms with E-state index in [1.165, 1.54) is 22.5 Å². The fourth-order valence-electron chi connectivity index (χ4n) is 4.10. The number of anilines is 1. The largest absolute Gasteiger partial charge is 0.335 e. The Hall–Kier alpha value is -2.64. The maximum Gasteiger partial charge on any atom is 0.271 e. The van der Waals surface area contributed by atoms with Gasteiger partial charge in [-0.25, -0.2) is 8.42 Å². The molecule has 1 N–H and O–H groups in total. The van der Waals surface area contributed by atoms with E-state index in [9.17, 15) is 13.2 Å². The van der Waals surface area contributed by atoms with Crippen LogP contribution in [-0.4, -0.2) is 31.8 Å². The number of aryl methyl sites for hydroxylation is 1. The van der Waals surface area contributed by atoms with Gasteiger partial charge in [-0.05, 0) is 72.5 Å². The van der Waals surface area contributed by atoms with Crippen LogP contribution in [0.1, 0.15) is 41.3 Å². The number of hydrogen-bond acceptors (Lipinski definition) is 4. The van der Waals surface area contributed by atoms with E-state index in [1.807, 2.05) is 4.90 Å². The minimum absolute atomic E-state index is 0.00102. The molecule has 0 saturated carbocycles. The number of carbonyl (C=O) groups excluding carboxylic acids is 1. The van der Waals surface area contributed by atoms with E-state index in [0.29, 0.717) is 17.8 Å². The fraction of sp³-hybridized carbons (Fsp3) is 0.292. The fourth-order valence-corrected chi connectivity index (χ4v) is 6.16. The van der Waals surface area contributed by atoms with Gasteiger partial charge in [0, 0.05) is 23.8 Å². The predicted octanol–water partition coefficient (Wildman–Crippen LogP) is 4.96. The highest BCUT2D eigenvalue weighted by Crippen LogP contribution is 2.26. The highest BCUT2D eigenvalue weighted by Gasteiger charge is 2.28. The second-order valence-corrected chi connectivity index (χ2v) is 10.6. The summed E-state index contributed by atoms with van der Waals surface area (Å²) in [7, 11) is -3.60. The van der Waals surface area contributed by atoms with E-state index in [1.54, 1.807) is 41.8 Å². The Kier molecular flexibility index (Phi) is 6.43. The number of nitrogens with zero attached hydrogens (tertiary/aromatic N) is 1. The molecule has 0 bridgehead atoms. The summed E-state index contributed by atoms with van der Waals surface area (Å²) in [5, 5.41) is 1.72. The third-order valence-corrected chi connectivity index (χ3v) is 8.41. The molecule has 162 valence electrons. The number of fused-ring (bicyclic) bond motifs is 1. The molecule has 0 radical (unpaired) electrons. The molecule has 1 atom stereocenters. The van der Waals surface area contributed by atoms with Crippen molar-refractivity contribution in [1.29, 1.82) is 0 Å². The molecule has 1 heterocycles. The molecule has 31 heavy (non-hydrogen) atoms. The summed E-state index contributed by atoms with van der Waals surface area (Å²) < 4.78 is 27.6. The second kappa shape index (κ2) is 9.24. The zero-order valence-corrected chi connectivity index (χ0v) is 19.1. The SMILES string of the molecule is CCCN(C(=O)c1ccc(NS(=O)(=O)c2cccs2)cc1)C1CCc2ccccc2C1. The molecule has 3 aromatic rings. The minimum atomic E-state index is -3.60. The van der Waals surface area contributed by atoms with Crippen molar-refractivity contribution >= 4 is 33.0 Å². The number of nitrogens with one attached hydrogen (secondary N) is 1. The highest BCUT2D eigenvalue weighted by atomic mass is 32.2. The van der Waals surface area contributed by atoms with Crippen LogP contribution in [0.2, 0.25) is 0 Å². The average Bonchev–Trinajstić information content (AvgIpc) is 3.33. The lowest BCUT2D eigenvalue weighted by molar-refractivity contribution is 0.0661. The first-order chi connectivity index (χ1) is 15.0. The summed E-state index contributed by atoms with van der Waals surface area (Å²) in [6.07, 6.45) is 3.71. The van der Waals surface area contributed by atoms with Gasteiger partial charge < -0.3 is 4.90 Å². The van der Waals surface area contributed by atoms with E-state index in [0.717, 1.165) is 25.7 Å². The molecule has 0 fully saturated rings. The predicted molar refractivity (Wildman–Crippen MR) is 125 cm³/mol. The molecule has 7 heteroatoms. The number of sulfonamides is 1. The molecule has 1 aromatic heterocycles. The van der Waals surface area contributed by atoms with Gasteiger partial charge in [0.1, 0.15) is 4.21 Å². The number of thiophene rings is 1. The first kappa shape index (κ1) is 21.6. The van der Waals surface area contributed by atoms with Crippen LogP contribution in [-0.2, 0) is 22.9 Å². The molecule has 0 saturated heterocycles. The second-order valence-electron chi connectivity index (χ2n) is 7.78. The first-order valence-electron chi connectivity index (χ1n) is 10.5. The molecule has 1 aliphatic rings. The maximum atomic E-state index is 13.3. The lowest BCUT2D eigenvalue weighted by Gasteiger charge is -2.35. The summed E-state index contributed by atoms with van der Waals surface area (Å²) in [6, 6.07) is 18.6. The van der Waals surface area contributed by atoms with Gasteiger partial charge in [0.15, 0.2) is 0 Å². The van der Waals surface area contributed by atoms with Gasteiger partial charge in [-0.2, -0.15) is 0 Å². The number of amides is 1. The lowest BCUT2D eigenvalue weighted by Crippen LogP contribution is -2.43. The van der Waals surface area contributed by atoms with Gasteiger partial charge in [-0.3, -0.25) is 9.52 Å². The maximum absolute atomic E-state index is 13.3. The van der Waals surface area contributed by atoms with Crippen LogP contribution in [0.4, 0.5) is 5.69 Å². The van der Waals surface area contributed by atoms with E-state index in [-0.39, 0.29) is 16.2 Å². The minimum Gasteiger partial charge on any atom is -0.335 e. The van der Waals surface area contributed by atoms with Crippen LogP contribution < -0.4 is 4.72 Å². The Balaban J connectivity index is 1.49. The molecule has 2 aromatic carbocycles. The van der Waals surface area contributed by atoms with Crippen molar-refractivity contribution in [3.63, 3.8) is 0 Å². The third kappa shape index (κ3) is 4.83. The molecule has 0 spiro atoms. The van der Waals surface area contributed by atoms with Crippen molar-refractivity contribution in [2.75, 3.05) is 11.3 Å². The van der Waals surface area contributed by atoms with Gasteiger partial charge >= 0.3 is 0 Å². The molecular weight excluding hydrogens is 428 g/mol. The van der Waals surface area contributed by atoms with Crippen LogP contribution in [0, 0.1) is 0 Å². The molecule has 5 nitrogen and oxygen atoms in total. The Morgan fingerprint density at radius 2 is 1.81 bits per heavy atom. The summed E-state index contributed by atoms with van der Waals surface area (Å²) in [5.41, 5.74) is 3.72. The van der Waals surface area contributed by atoms with Crippen molar-refractivity contribution in [1.82, 2.24) is 4.90 Å². The van der Waals surface area contributed by atoms with E-state index >= 15 is 0 Å². The number of hydrogen-bond donors (Lipinski definition) is 1. The number of rotatable bonds is 7. The molecule has 4 rings (SSSR count). The summed E-state index contributed by atoms with van der Waals surface area (Å²) in [4.78, 5) is 15.3. The van der Waals surface area contributed by atoms with Crippen LogP contribution in [0.25, 0.3) is 0 Å². The first-order valence-corrected chi connectivity index (χ1v) is 12.9. The molecule has 1 aliphatic carbocycles. The standard InChI is InChI=1S/C24H26N2O3S2/c1-2-15-26(22-14-11-18-6-3-4-7-20(18)17-22)24(27)19-9-12-21(13-10-19)25-31(28,29)23-8-5-16-30-23/h3-10,12-13,16,22,25H,2,11,14-15,17H2,1H3. The van der Waals surface area contributed by atoms with Crippen molar-refractivity contribution < 1.29 is 13.2 Å². The summed E-state index contributed by atoms with van der Waals surface area (Å²) in [5.74, 6) is -0.00102. The highest BCUT2D eigenvalue weighted by molar-refractivity contribution is 7.94. The topological polar surface area (TPSA) is 66.5 Å². The van der Waals surface area contributed by atoms with Crippen molar-refractivity contribution in [3.8, 4) is 0 Å². The van der Waals surface area contributed by atoms with Gasteiger partial charge in [-0.15, -0.1) is 11.3 Å². The Morgan fingerprint density at radius 3 is 2.48 bits per heavy atom. The van der Waals surface area contributed by atoms with Crippen LogP contribution >= 0.6 is 11.3 Å². The third-order valence-electron chi connectivity index (χ3n) is 5.63. The molecule has 0 aliphatic heterocycles. The normalized spacial score (nSPS) is 15.8. The summed E-state index contributed by atoms with van der Waals surface area (Å²) >= 11 is 1.17. The monoisotopic (exact) mass is 454 g/mol. The van der Waals surface area contributed by atoms with E-state index < -0.39 is 10.0 Å². The van der Waals surface area contributed by atoms with Gasteiger partial charge in [0.2, 0.25) is 0 Å². The molecular formula is C24H26N2O3S2. The summed E-state index contributed by atoms with van der Waals surface area (Å²) in [6.45, 7) is 2.79. The number of carbonyl (C=O) groups is 1. The Bertz CT molecular complexity index is 1140. The number of benzene rings is 2. The quantitative estimate of drug-likeness (QED) is 0.549. The smallest absolute Gasteiger partial charge is 0.271 e. The molecule has 1 amide bonds. The lowest BCUT2D eigenvalue weighted by atomic mass is 9.87. The Labute approximate surface area is 187 Å². The van der Waals surface area contributed by atoms with Crippen molar-refractivity contribution in [3.05, 3.63) is 82.7 Å². The van der Waals surface area contributed by atoms with Crippen LogP contribution in [0.3, 0.4) is 0 Å². The average molecular weight is 455 g/mol. The van der Waals surface area contributed by atoms with E-state index in [2.05, 4.69) is 35.9 Å². The van der Waals surface area contributed by atoms with Crippen molar-refractivity contribution in [2.45, 2.75) is 42.9 Å². The zero-order valence-electron chi connectivity index (χ0n) is 17.5.